The second-order valence-electron chi connectivity index (χ2n) is 4.09. The molecule has 0 N–H and O–H groups in total. The normalized spacial score (nSPS) is 19.8. The van der Waals surface area contributed by atoms with Gasteiger partial charge in [-0.25, -0.2) is 4.98 Å². The average Bonchev–Trinajstić information content (AvgIpc) is 2.81. The Bertz CT molecular complexity index is 369. The molecule has 0 aromatic carbocycles. The molecule has 86 valence electrons. The van der Waals surface area contributed by atoms with E-state index in [0.29, 0.717) is 11.6 Å². The summed E-state index contributed by atoms with van der Waals surface area (Å²) in [5.74, 6) is 0.936. The maximum absolute atomic E-state index is 11.1. The monoisotopic (exact) mass is 220 g/mol. The van der Waals surface area contributed by atoms with Gasteiger partial charge in [0.05, 0.1) is 12.6 Å². The zero-order chi connectivity index (χ0) is 11.5. The van der Waals surface area contributed by atoms with E-state index >= 15 is 0 Å². The number of aromatic nitrogens is 1. The first-order valence-electron chi connectivity index (χ1n) is 5.46. The number of ether oxygens (including phenoxy) is 1. The molecule has 2 heterocycles. The number of hydrogen-bond acceptors (Lipinski definition) is 4. The molecule has 1 saturated heterocycles. The highest BCUT2D eigenvalue weighted by molar-refractivity contribution is 5.93. The van der Waals surface area contributed by atoms with E-state index < -0.39 is 0 Å². The molecule has 0 aliphatic carbocycles. The van der Waals surface area contributed by atoms with Gasteiger partial charge in [-0.1, -0.05) is 0 Å². The number of ketones is 1. The number of nitrogens with zero attached hydrogens (tertiary/aromatic N) is 2. The van der Waals surface area contributed by atoms with E-state index in [0.717, 1.165) is 25.5 Å². The molecule has 2 rings (SSSR count). The van der Waals surface area contributed by atoms with Crippen molar-refractivity contribution in [3.63, 3.8) is 0 Å². The van der Waals surface area contributed by atoms with E-state index in [4.69, 9.17) is 4.74 Å². The number of hydrogen-bond donors (Lipinski definition) is 0. The third-order valence-electron chi connectivity index (χ3n) is 2.97. The maximum Gasteiger partial charge on any atom is 0.161 e. The summed E-state index contributed by atoms with van der Waals surface area (Å²) in [6.45, 7) is 3.12. The first-order chi connectivity index (χ1) is 7.68. The van der Waals surface area contributed by atoms with E-state index in [2.05, 4.69) is 9.88 Å². The number of carbonyl (C=O) groups is 1. The molecule has 0 amide bonds. The van der Waals surface area contributed by atoms with Crippen molar-refractivity contribution in [2.45, 2.75) is 19.4 Å². The van der Waals surface area contributed by atoms with Gasteiger partial charge in [0, 0.05) is 25.4 Å². The Morgan fingerprint density at radius 3 is 2.88 bits per heavy atom. The molecule has 1 aromatic heterocycles. The highest BCUT2D eigenvalue weighted by Crippen LogP contribution is 2.18. The molecule has 0 radical (unpaired) electrons. The molecule has 1 aliphatic heterocycles. The molecule has 1 atom stereocenters. The average molecular weight is 220 g/mol. The van der Waals surface area contributed by atoms with Gasteiger partial charge in [-0.2, -0.15) is 0 Å². The molecule has 0 bridgehead atoms. The van der Waals surface area contributed by atoms with Crippen LogP contribution >= 0.6 is 0 Å². The maximum atomic E-state index is 11.1. The van der Waals surface area contributed by atoms with Gasteiger partial charge in [-0.3, -0.25) is 4.79 Å². The van der Waals surface area contributed by atoms with Crippen LogP contribution in [0.5, 0.6) is 0 Å². The fourth-order valence-corrected chi connectivity index (χ4v) is 1.82. The van der Waals surface area contributed by atoms with E-state index in [1.165, 1.54) is 0 Å². The van der Waals surface area contributed by atoms with E-state index in [1.54, 1.807) is 13.1 Å². The topological polar surface area (TPSA) is 42.4 Å². The van der Waals surface area contributed by atoms with E-state index in [9.17, 15) is 4.79 Å². The summed E-state index contributed by atoms with van der Waals surface area (Å²) in [7, 11) is 2.01. The van der Waals surface area contributed by atoms with Crippen LogP contribution in [0.3, 0.4) is 0 Å². The fraction of sp³-hybridized carbons (Fsp3) is 0.500. The third kappa shape index (κ3) is 2.22. The van der Waals surface area contributed by atoms with Gasteiger partial charge in [-0.05, 0) is 25.5 Å². The molecule has 1 aromatic rings. The van der Waals surface area contributed by atoms with Gasteiger partial charge in [0.25, 0.3) is 0 Å². The predicted molar refractivity (Wildman–Crippen MR) is 61.9 cm³/mol. The van der Waals surface area contributed by atoms with E-state index in [-0.39, 0.29) is 5.78 Å². The number of Topliss-reactive ketones (excluding diaryl/α,β-unsaturated/α-hetero) is 1. The molecule has 1 unspecified atom stereocenters. The summed E-state index contributed by atoms with van der Waals surface area (Å²) in [5.41, 5.74) is 0.653. The smallest absolute Gasteiger partial charge is 0.161 e. The first kappa shape index (κ1) is 11.1. The summed E-state index contributed by atoms with van der Waals surface area (Å²) >= 11 is 0. The summed E-state index contributed by atoms with van der Waals surface area (Å²) in [6.07, 6.45) is 2.66. The SMILES string of the molecule is CC(=O)c1ccc(N(C)C2CCOC2)nc1. The van der Waals surface area contributed by atoms with Crippen LogP contribution in [0, 0.1) is 0 Å². The number of anilines is 1. The summed E-state index contributed by atoms with van der Waals surface area (Å²) < 4.78 is 5.34. The molecule has 4 nitrogen and oxygen atoms in total. The van der Waals surface area contributed by atoms with Gasteiger partial charge < -0.3 is 9.64 Å². The van der Waals surface area contributed by atoms with Crippen LogP contribution in [0.1, 0.15) is 23.7 Å². The molecular formula is C12H16N2O2. The molecule has 1 aliphatic rings. The highest BCUT2D eigenvalue weighted by Gasteiger charge is 2.21. The van der Waals surface area contributed by atoms with Gasteiger partial charge in [0.2, 0.25) is 0 Å². The lowest BCUT2D eigenvalue weighted by atomic mass is 10.2. The van der Waals surface area contributed by atoms with Crippen LogP contribution in [0.2, 0.25) is 0 Å². The van der Waals surface area contributed by atoms with Gasteiger partial charge in [0.1, 0.15) is 5.82 Å². The van der Waals surface area contributed by atoms with Gasteiger partial charge >= 0.3 is 0 Å². The fourth-order valence-electron chi connectivity index (χ4n) is 1.82. The largest absolute Gasteiger partial charge is 0.379 e. The highest BCUT2D eigenvalue weighted by atomic mass is 16.5. The Hall–Kier alpha value is -1.42. The lowest BCUT2D eigenvalue weighted by Crippen LogP contribution is -2.32. The molecular weight excluding hydrogens is 204 g/mol. The van der Waals surface area contributed by atoms with Crippen LogP contribution in [0.15, 0.2) is 18.3 Å². The zero-order valence-corrected chi connectivity index (χ0v) is 9.64. The van der Waals surface area contributed by atoms with Crippen LogP contribution in [0.4, 0.5) is 5.82 Å². The lowest BCUT2D eigenvalue weighted by Gasteiger charge is -2.24. The molecule has 0 saturated carbocycles. The quantitative estimate of drug-likeness (QED) is 0.724. The van der Waals surface area contributed by atoms with Crippen molar-refractivity contribution in [3.05, 3.63) is 23.9 Å². The molecule has 0 spiro atoms. The van der Waals surface area contributed by atoms with Crippen molar-refractivity contribution in [2.75, 3.05) is 25.2 Å². The Morgan fingerprint density at radius 1 is 1.56 bits per heavy atom. The minimum absolute atomic E-state index is 0.0471. The second-order valence-corrected chi connectivity index (χ2v) is 4.09. The van der Waals surface area contributed by atoms with Crippen LogP contribution in [-0.2, 0) is 4.74 Å². The molecule has 4 heteroatoms. The van der Waals surface area contributed by atoms with Crippen molar-refractivity contribution in [2.24, 2.45) is 0 Å². The molecule has 16 heavy (non-hydrogen) atoms. The predicted octanol–water partition coefficient (Wildman–Crippen LogP) is 1.51. The Labute approximate surface area is 95.2 Å². The summed E-state index contributed by atoms with van der Waals surface area (Å²) in [5, 5.41) is 0. The lowest BCUT2D eigenvalue weighted by molar-refractivity contribution is 0.101. The zero-order valence-electron chi connectivity index (χ0n) is 9.64. The minimum Gasteiger partial charge on any atom is -0.379 e. The van der Waals surface area contributed by atoms with Crippen LogP contribution in [-0.4, -0.2) is 37.1 Å². The number of likely N-dealkylation sites (N-methyl/N-ethyl adjacent to an activating group) is 1. The summed E-state index contributed by atoms with van der Waals surface area (Å²) in [6, 6.07) is 4.10. The number of carbonyl (C=O) groups excluding carboxylic acids is 1. The van der Waals surface area contributed by atoms with Crippen molar-refractivity contribution in [1.82, 2.24) is 4.98 Å². The van der Waals surface area contributed by atoms with Gasteiger partial charge in [0.15, 0.2) is 5.78 Å². The minimum atomic E-state index is 0.0471. The van der Waals surface area contributed by atoms with E-state index in [1.807, 2.05) is 19.2 Å². The van der Waals surface area contributed by atoms with Gasteiger partial charge in [-0.15, -0.1) is 0 Å². The number of pyridine rings is 1. The van der Waals surface area contributed by atoms with Crippen molar-refractivity contribution in [3.8, 4) is 0 Å². The second kappa shape index (κ2) is 4.61. The number of rotatable bonds is 3. The van der Waals surface area contributed by atoms with Crippen molar-refractivity contribution in [1.29, 1.82) is 0 Å². The van der Waals surface area contributed by atoms with Crippen LogP contribution < -0.4 is 4.90 Å². The van der Waals surface area contributed by atoms with Crippen LogP contribution in [0.25, 0.3) is 0 Å². The third-order valence-corrected chi connectivity index (χ3v) is 2.97. The Balaban J connectivity index is 2.11. The Kier molecular flexibility index (Phi) is 3.19. The van der Waals surface area contributed by atoms with Crippen molar-refractivity contribution < 1.29 is 9.53 Å². The first-order valence-corrected chi connectivity index (χ1v) is 5.46. The molecule has 1 fully saturated rings. The standard InChI is InChI=1S/C12H16N2O2/c1-9(15)10-3-4-12(13-7-10)14(2)11-5-6-16-8-11/h3-4,7,11H,5-6,8H2,1-2H3. The van der Waals surface area contributed by atoms with Crippen molar-refractivity contribution >= 4 is 11.6 Å². The Morgan fingerprint density at radius 2 is 2.38 bits per heavy atom. The summed E-state index contributed by atoms with van der Waals surface area (Å²) in [4.78, 5) is 17.5.